The number of para-hydroxylation sites is 3. The number of nitrogens with zero attached hydrogens (tertiary/aromatic N) is 2. The lowest BCUT2D eigenvalue weighted by atomic mass is 9.87. The van der Waals surface area contributed by atoms with Crippen molar-refractivity contribution in [3.05, 3.63) is 194 Å². The number of hydrogen-bond donors (Lipinski definition) is 0. The van der Waals surface area contributed by atoms with Crippen molar-refractivity contribution in [2.24, 2.45) is 0 Å². The summed E-state index contributed by atoms with van der Waals surface area (Å²) in [5.41, 5.74) is 14.4. The smallest absolute Gasteiger partial charge is 0.0542 e. The van der Waals surface area contributed by atoms with Gasteiger partial charge in [0.25, 0.3) is 0 Å². The van der Waals surface area contributed by atoms with Crippen LogP contribution < -0.4 is 0 Å². The van der Waals surface area contributed by atoms with E-state index in [1.54, 1.807) is 0 Å². The van der Waals surface area contributed by atoms with Gasteiger partial charge >= 0.3 is 0 Å². The average Bonchev–Trinajstić information content (AvgIpc) is 3.71. The zero-order valence-electron chi connectivity index (χ0n) is 27.4. The second-order valence-electron chi connectivity index (χ2n) is 12.9. The van der Waals surface area contributed by atoms with Crippen LogP contribution in [0, 0.1) is 0 Å². The van der Waals surface area contributed by atoms with Crippen LogP contribution in [0.5, 0.6) is 0 Å². The van der Waals surface area contributed by atoms with Gasteiger partial charge in [-0.1, -0.05) is 140 Å². The summed E-state index contributed by atoms with van der Waals surface area (Å²) in [5, 5.41) is 4.99. The highest BCUT2D eigenvalue weighted by Gasteiger charge is 2.19. The minimum absolute atomic E-state index is 1.15. The summed E-state index contributed by atoms with van der Waals surface area (Å²) < 4.78 is 4.82. The topological polar surface area (TPSA) is 9.86 Å². The molecule has 0 aliphatic carbocycles. The Bertz CT molecular complexity index is 2790. The molecule has 2 nitrogen and oxygen atoms in total. The molecule has 0 saturated carbocycles. The molecule has 0 radical (unpaired) electrons. The van der Waals surface area contributed by atoms with Gasteiger partial charge in [-0.15, -0.1) is 0 Å². The van der Waals surface area contributed by atoms with Gasteiger partial charge in [-0.3, -0.25) is 0 Å². The third-order valence-corrected chi connectivity index (χ3v) is 10.1. The van der Waals surface area contributed by atoms with Crippen LogP contribution in [0.25, 0.3) is 88.4 Å². The first kappa shape index (κ1) is 28.4. The van der Waals surface area contributed by atoms with Crippen molar-refractivity contribution in [1.82, 2.24) is 9.13 Å². The highest BCUT2D eigenvalue weighted by molar-refractivity contribution is 6.13. The van der Waals surface area contributed by atoms with Crippen LogP contribution in [-0.4, -0.2) is 9.13 Å². The predicted octanol–water partition coefficient (Wildman–Crippen LogP) is 12.9. The fraction of sp³-hybridized carbons (Fsp3) is 0. The lowest BCUT2D eigenvalue weighted by Gasteiger charge is -2.16. The molecule has 10 aromatic rings. The van der Waals surface area contributed by atoms with Crippen molar-refractivity contribution in [2.45, 2.75) is 0 Å². The Kier molecular flexibility index (Phi) is 6.53. The van der Waals surface area contributed by atoms with Crippen LogP contribution in [-0.2, 0) is 0 Å². The second-order valence-corrected chi connectivity index (χ2v) is 12.9. The third kappa shape index (κ3) is 4.43. The summed E-state index contributed by atoms with van der Waals surface area (Å²) in [5.74, 6) is 0. The van der Waals surface area contributed by atoms with Crippen molar-refractivity contribution >= 4 is 43.6 Å². The highest BCUT2D eigenvalue weighted by atomic mass is 15.0. The number of fused-ring (bicyclic) bond motifs is 6. The molecule has 0 N–H and O–H groups in total. The number of benzene rings is 8. The van der Waals surface area contributed by atoms with Gasteiger partial charge in [0, 0.05) is 32.9 Å². The van der Waals surface area contributed by atoms with Crippen LogP contribution in [0.3, 0.4) is 0 Å². The fourth-order valence-corrected chi connectivity index (χ4v) is 7.94. The SMILES string of the molecule is c1ccc(-c2cccc(-c3ccc4c(c3)c3cc(-n5c6ccccc6c6ccccc65)ccc3n4-c3ccccc3)c2-c2ccccc2)cc1. The van der Waals surface area contributed by atoms with Gasteiger partial charge in [0.15, 0.2) is 0 Å². The van der Waals surface area contributed by atoms with Crippen LogP contribution in [0.2, 0.25) is 0 Å². The molecule has 0 atom stereocenters. The minimum atomic E-state index is 1.15. The molecular weight excluding hydrogens is 605 g/mol. The quantitative estimate of drug-likeness (QED) is 0.178. The zero-order valence-corrected chi connectivity index (χ0v) is 27.4. The van der Waals surface area contributed by atoms with E-state index < -0.39 is 0 Å². The van der Waals surface area contributed by atoms with E-state index in [1.807, 2.05) is 0 Å². The molecule has 0 saturated heterocycles. The molecule has 0 spiro atoms. The fourth-order valence-electron chi connectivity index (χ4n) is 7.94. The maximum absolute atomic E-state index is 2.41. The van der Waals surface area contributed by atoms with E-state index in [1.165, 1.54) is 77.0 Å². The molecule has 10 rings (SSSR count). The molecule has 234 valence electrons. The van der Waals surface area contributed by atoms with Crippen molar-refractivity contribution in [2.75, 3.05) is 0 Å². The van der Waals surface area contributed by atoms with E-state index in [4.69, 9.17) is 0 Å². The Morgan fingerprint density at radius 2 is 0.740 bits per heavy atom. The summed E-state index contributed by atoms with van der Waals surface area (Å²) in [6.07, 6.45) is 0. The highest BCUT2D eigenvalue weighted by Crippen LogP contribution is 2.43. The van der Waals surface area contributed by atoms with Crippen LogP contribution in [0.1, 0.15) is 0 Å². The molecule has 0 unspecified atom stereocenters. The summed E-state index contributed by atoms with van der Waals surface area (Å²) in [6.45, 7) is 0. The van der Waals surface area contributed by atoms with E-state index >= 15 is 0 Å². The summed E-state index contributed by atoms with van der Waals surface area (Å²) >= 11 is 0. The monoisotopic (exact) mass is 636 g/mol. The second kappa shape index (κ2) is 11.5. The molecule has 0 amide bonds. The van der Waals surface area contributed by atoms with Gasteiger partial charge < -0.3 is 9.13 Å². The normalized spacial score (nSPS) is 11.6. The third-order valence-electron chi connectivity index (χ3n) is 10.1. The van der Waals surface area contributed by atoms with Crippen LogP contribution in [0.4, 0.5) is 0 Å². The van der Waals surface area contributed by atoms with Gasteiger partial charge in [0.2, 0.25) is 0 Å². The lowest BCUT2D eigenvalue weighted by molar-refractivity contribution is 1.17. The van der Waals surface area contributed by atoms with Crippen molar-refractivity contribution in [1.29, 1.82) is 0 Å². The largest absolute Gasteiger partial charge is 0.309 e. The van der Waals surface area contributed by atoms with Crippen molar-refractivity contribution in [3.8, 4) is 44.8 Å². The molecular formula is C48H32N2. The molecule has 2 heteroatoms. The van der Waals surface area contributed by atoms with Gasteiger partial charge in [-0.25, -0.2) is 0 Å². The summed E-state index contributed by atoms with van der Waals surface area (Å²) in [7, 11) is 0. The number of rotatable bonds is 5. The number of hydrogen-bond acceptors (Lipinski definition) is 0. The molecule has 0 aliphatic heterocycles. The Labute approximate surface area is 290 Å². The average molecular weight is 637 g/mol. The van der Waals surface area contributed by atoms with Crippen molar-refractivity contribution < 1.29 is 0 Å². The molecule has 2 heterocycles. The standard InChI is InChI=1S/C48H32N2/c1-4-15-33(16-5-1)38-23-14-24-39(48(38)34-17-6-2-7-18-34)35-27-29-46-42(31-35)43-32-37(28-30-47(43)49(46)36-19-8-3-9-20-36)50-44-25-12-10-21-40(44)41-22-11-13-26-45(41)50/h1-32H. The van der Waals surface area contributed by atoms with E-state index in [0.29, 0.717) is 0 Å². The first-order valence-electron chi connectivity index (χ1n) is 17.2. The van der Waals surface area contributed by atoms with E-state index in [2.05, 4.69) is 203 Å². The molecule has 0 aliphatic rings. The van der Waals surface area contributed by atoms with Crippen LogP contribution >= 0.6 is 0 Å². The maximum atomic E-state index is 2.41. The Morgan fingerprint density at radius 3 is 1.40 bits per heavy atom. The van der Waals surface area contributed by atoms with Gasteiger partial charge in [0.05, 0.1) is 22.1 Å². The van der Waals surface area contributed by atoms with E-state index in [9.17, 15) is 0 Å². The van der Waals surface area contributed by atoms with E-state index in [0.717, 1.165) is 11.4 Å². The van der Waals surface area contributed by atoms with E-state index in [-0.39, 0.29) is 0 Å². The molecule has 2 aromatic heterocycles. The molecule has 50 heavy (non-hydrogen) atoms. The summed E-state index contributed by atoms with van der Waals surface area (Å²) in [4.78, 5) is 0. The first-order chi connectivity index (χ1) is 24.8. The van der Waals surface area contributed by atoms with Crippen molar-refractivity contribution in [3.63, 3.8) is 0 Å². The predicted molar refractivity (Wildman–Crippen MR) is 211 cm³/mol. The minimum Gasteiger partial charge on any atom is -0.309 e. The Hall–Kier alpha value is -6.64. The summed E-state index contributed by atoms with van der Waals surface area (Å²) in [6, 6.07) is 70.4. The first-order valence-corrected chi connectivity index (χ1v) is 17.2. The van der Waals surface area contributed by atoms with Gasteiger partial charge in [-0.2, -0.15) is 0 Å². The molecule has 0 fully saturated rings. The zero-order chi connectivity index (χ0) is 33.0. The van der Waals surface area contributed by atoms with Crippen LogP contribution in [0.15, 0.2) is 194 Å². The lowest BCUT2D eigenvalue weighted by Crippen LogP contribution is -1.95. The van der Waals surface area contributed by atoms with Gasteiger partial charge in [0.1, 0.15) is 0 Å². The Balaban J connectivity index is 1.26. The van der Waals surface area contributed by atoms with Gasteiger partial charge in [-0.05, 0) is 88.0 Å². The Morgan fingerprint density at radius 1 is 0.260 bits per heavy atom. The maximum Gasteiger partial charge on any atom is 0.0542 e. The molecule has 0 bridgehead atoms. The number of aromatic nitrogens is 2. The molecule has 8 aromatic carbocycles.